The third kappa shape index (κ3) is 3.85. The van der Waals surface area contributed by atoms with Crippen molar-refractivity contribution in [1.82, 2.24) is 9.62 Å². The average Bonchev–Trinajstić information content (AvgIpc) is 2.54. The number of nitrogens with zero attached hydrogens (tertiary/aromatic N) is 1. The molecule has 8 nitrogen and oxygen atoms in total. The summed E-state index contributed by atoms with van der Waals surface area (Å²) in [6.07, 6.45) is 0.392. The number of carbonyl (C=O) groups is 2. The Morgan fingerprint density at radius 2 is 1.92 bits per heavy atom. The van der Waals surface area contributed by atoms with Crippen molar-refractivity contribution < 1.29 is 27.9 Å². The van der Waals surface area contributed by atoms with E-state index in [9.17, 15) is 23.1 Å². The fourth-order valence-corrected chi connectivity index (χ4v) is 4.36. The number of methoxy groups -OCH3 is 1. The molecule has 1 fully saturated rings. The molecule has 1 heterocycles. The van der Waals surface area contributed by atoms with Crippen LogP contribution in [0.25, 0.3) is 0 Å². The topological polar surface area (TPSA) is 113 Å². The van der Waals surface area contributed by atoms with Crippen LogP contribution in [0.3, 0.4) is 0 Å². The van der Waals surface area contributed by atoms with E-state index in [-0.39, 0.29) is 29.8 Å². The molecule has 132 valence electrons. The van der Waals surface area contributed by atoms with Gasteiger partial charge in [0.15, 0.2) is 0 Å². The van der Waals surface area contributed by atoms with Gasteiger partial charge in [0, 0.05) is 19.5 Å². The molecular weight excluding hydrogens is 336 g/mol. The molecule has 2 N–H and O–H groups in total. The molecule has 2 rings (SSSR count). The van der Waals surface area contributed by atoms with Crippen LogP contribution in [0.1, 0.15) is 19.8 Å². The number of nitrogens with one attached hydrogen (secondary N) is 1. The first kappa shape index (κ1) is 18.2. The van der Waals surface area contributed by atoms with Gasteiger partial charge < -0.3 is 15.2 Å². The van der Waals surface area contributed by atoms with Crippen LogP contribution < -0.4 is 10.1 Å². The molecule has 1 saturated heterocycles. The van der Waals surface area contributed by atoms with E-state index in [4.69, 9.17) is 4.74 Å². The molecule has 1 aromatic carbocycles. The molecule has 0 unspecified atom stereocenters. The Labute approximate surface area is 140 Å². The molecule has 1 amide bonds. The summed E-state index contributed by atoms with van der Waals surface area (Å²) in [5.74, 6) is -0.995. The van der Waals surface area contributed by atoms with Crippen molar-refractivity contribution in [1.29, 1.82) is 0 Å². The highest BCUT2D eigenvalue weighted by molar-refractivity contribution is 7.89. The lowest BCUT2D eigenvalue weighted by Gasteiger charge is -2.36. The van der Waals surface area contributed by atoms with Crippen molar-refractivity contribution >= 4 is 21.9 Å². The van der Waals surface area contributed by atoms with Gasteiger partial charge in [-0.25, -0.2) is 8.42 Å². The fourth-order valence-electron chi connectivity index (χ4n) is 2.76. The molecule has 0 aliphatic carbocycles. The minimum atomic E-state index is -3.95. The minimum absolute atomic E-state index is 0.00697. The third-order valence-corrected chi connectivity index (χ3v) is 5.83. The maximum absolute atomic E-state index is 12.8. The zero-order valence-electron chi connectivity index (χ0n) is 13.4. The molecule has 0 bridgehead atoms. The Morgan fingerprint density at radius 1 is 1.29 bits per heavy atom. The monoisotopic (exact) mass is 356 g/mol. The summed E-state index contributed by atoms with van der Waals surface area (Å²) in [7, 11) is -2.48. The Balaban J connectivity index is 2.27. The number of ether oxygens (including phenoxy) is 1. The standard InChI is InChI=1S/C15H20N2O6S/c1-10(18)16-11-7-8-17(14(9-11)15(19)20)24(21,22)13-5-3-12(23-2)4-6-13/h3-6,11,14H,7-9H2,1-2H3,(H,16,18)(H,19,20)/t11-,14-/m0/s1. The van der Waals surface area contributed by atoms with Crippen LogP contribution in [-0.2, 0) is 19.6 Å². The highest BCUT2D eigenvalue weighted by Crippen LogP contribution is 2.27. The molecule has 2 atom stereocenters. The molecule has 0 aromatic heterocycles. The van der Waals surface area contributed by atoms with Crippen molar-refractivity contribution in [3.63, 3.8) is 0 Å². The summed E-state index contributed by atoms with van der Waals surface area (Å²) in [6, 6.07) is 4.20. The second-order valence-corrected chi connectivity index (χ2v) is 7.46. The van der Waals surface area contributed by atoms with Crippen LogP contribution in [0.4, 0.5) is 0 Å². The van der Waals surface area contributed by atoms with Crippen LogP contribution in [0.15, 0.2) is 29.2 Å². The highest BCUT2D eigenvalue weighted by atomic mass is 32.2. The zero-order chi connectivity index (χ0) is 17.9. The van der Waals surface area contributed by atoms with Gasteiger partial charge in [-0.2, -0.15) is 4.31 Å². The number of carboxylic acid groups (broad SMARTS) is 1. The maximum Gasteiger partial charge on any atom is 0.322 e. The number of carbonyl (C=O) groups excluding carboxylic acids is 1. The first-order chi connectivity index (χ1) is 11.3. The van der Waals surface area contributed by atoms with Gasteiger partial charge in [0.25, 0.3) is 0 Å². The summed E-state index contributed by atoms with van der Waals surface area (Å²) < 4.78 is 31.5. The predicted molar refractivity (Wildman–Crippen MR) is 85.1 cm³/mol. The van der Waals surface area contributed by atoms with E-state index >= 15 is 0 Å². The number of rotatable bonds is 5. The van der Waals surface area contributed by atoms with Crippen LogP contribution in [0, 0.1) is 0 Å². The normalized spacial score (nSPS) is 21.9. The van der Waals surface area contributed by atoms with E-state index in [0.29, 0.717) is 12.2 Å². The second kappa shape index (κ2) is 7.18. The number of sulfonamides is 1. The van der Waals surface area contributed by atoms with Gasteiger partial charge in [0.05, 0.1) is 12.0 Å². The number of hydrogen-bond donors (Lipinski definition) is 2. The van der Waals surface area contributed by atoms with Crippen molar-refractivity contribution in [2.75, 3.05) is 13.7 Å². The number of piperidine rings is 1. The molecule has 0 spiro atoms. The second-order valence-electron chi connectivity index (χ2n) is 5.57. The molecule has 1 aliphatic heterocycles. The summed E-state index contributed by atoms with van der Waals surface area (Å²) in [6.45, 7) is 1.37. The molecule has 24 heavy (non-hydrogen) atoms. The van der Waals surface area contributed by atoms with Crippen LogP contribution in [0.5, 0.6) is 5.75 Å². The summed E-state index contributed by atoms with van der Waals surface area (Å²) in [5.41, 5.74) is 0. The van der Waals surface area contributed by atoms with Crippen molar-refractivity contribution in [2.24, 2.45) is 0 Å². The molecule has 1 aromatic rings. The van der Waals surface area contributed by atoms with Gasteiger partial charge in [-0.1, -0.05) is 0 Å². The van der Waals surface area contributed by atoms with Gasteiger partial charge in [-0.3, -0.25) is 9.59 Å². The number of amides is 1. The molecule has 0 saturated carbocycles. The van der Waals surface area contributed by atoms with E-state index in [1.165, 1.54) is 38.3 Å². The van der Waals surface area contributed by atoms with Crippen molar-refractivity contribution in [3.05, 3.63) is 24.3 Å². The molecule has 9 heteroatoms. The smallest absolute Gasteiger partial charge is 0.322 e. The van der Waals surface area contributed by atoms with E-state index < -0.39 is 22.0 Å². The lowest BCUT2D eigenvalue weighted by molar-refractivity contribution is -0.143. The Morgan fingerprint density at radius 3 is 2.42 bits per heavy atom. The van der Waals surface area contributed by atoms with Gasteiger partial charge in [-0.05, 0) is 37.1 Å². The zero-order valence-corrected chi connectivity index (χ0v) is 14.2. The van der Waals surface area contributed by atoms with Crippen LogP contribution in [0.2, 0.25) is 0 Å². The van der Waals surface area contributed by atoms with E-state index in [1.807, 2.05) is 0 Å². The van der Waals surface area contributed by atoms with E-state index in [0.717, 1.165) is 4.31 Å². The molecular formula is C15H20N2O6S. The SMILES string of the molecule is COc1ccc(S(=O)(=O)N2CC[C@H](NC(C)=O)C[C@H]2C(=O)O)cc1. The van der Waals surface area contributed by atoms with Gasteiger partial charge in [0.2, 0.25) is 15.9 Å². The van der Waals surface area contributed by atoms with Crippen molar-refractivity contribution in [3.8, 4) is 5.75 Å². The number of carboxylic acids is 1. The lowest BCUT2D eigenvalue weighted by atomic mass is 9.99. The maximum atomic E-state index is 12.8. The van der Waals surface area contributed by atoms with Gasteiger partial charge in [0.1, 0.15) is 11.8 Å². The van der Waals surface area contributed by atoms with E-state index in [1.54, 1.807) is 0 Å². The number of aliphatic carboxylic acids is 1. The molecule has 1 aliphatic rings. The molecule has 0 radical (unpaired) electrons. The van der Waals surface area contributed by atoms with Crippen molar-refractivity contribution in [2.45, 2.75) is 36.7 Å². The van der Waals surface area contributed by atoms with Crippen LogP contribution >= 0.6 is 0 Å². The Kier molecular flexibility index (Phi) is 5.45. The highest BCUT2D eigenvalue weighted by Gasteiger charge is 2.41. The van der Waals surface area contributed by atoms with Gasteiger partial charge >= 0.3 is 5.97 Å². The van der Waals surface area contributed by atoms with E-state index in [2.05, 4.69) is 5.32 Å². The summed E-state index contributed by atoms with van der Waals surface area (Å²) >= 11 is 0. The van der Waals surface area contributed by atoms with Crippen LogP contribution in [-0.4, -0.2) is 55.4 Å². The predicted octanol–water partition coefficient (Wildman–Crippen LogP) is 0.438. The lowest BCUT2D eigenvalue weighted by Crippen LogP contribution is -2.54. The fraction of sp³-hybridized carbons (Fsp3) is 0.467. The average molecular weight is 356 g/mol. The summed E-state index contributed by atoms with van der Waals surface area (Å²) in [5, 5.41) is 12.1. The van der Waals surface area contributed by atoms with Gasteiger partial charge in [-0.15, -0.1) is 0 Å². The Hall–Kier alpha value is -2.13. The minimum Gasteiger partial charge on any atom is -0.497 e. The first-order valence-corrected chi connectivity index (χ1v) is 8.85. The summed E-state index contributed by atoms with van der Waals surface area (Å²) in [4.78, 5) is 22.7. The third-order valence-electron chi connectivity index (χ3n) is 3.91. The largest absolute Gasteiger partial charge is 0.497 e. The Bertz CT molecular complexity index is 716. The number of hydrogen-bond acceptors (Lipinski definition) is 5. The number of benzene rings is 1. The quantitative estimate of drug-likeness (QED) is 0.791. The first-order valence-electron chi connectivity index (χ1n) is 7.41.